The van der Waals surface area contributed by atoms with Crippen LogP contribution in [0.3, 0.4) is 0 Å². The fraction of sp³-hybridized carbons (Fsp3) is 0.200. The minimum absolute atomic E-state index is 0.0369. The SMILES string of the molecule is C[C@@H](NCc1cc(F)ccc1[N+](=O)[O-])c1ccc(Cl)cc1. The number of nitro groups is 1. The molecule has 6 heteroatoms. The Morgan fingerprint density at radius 2 is 1.95 bits per heavy atom. The second-order valence-corrected chi connectivity index (χ2v) is 5.12. The molecule has 0 aromatic heterocycles. The van der Waals surface area contributed by atoms with E-state index in [1.165, 1.54) is 12.1 Å². The van der Waals surface area contributed by atoms with Crippen molar-refractivity contribution in [3.8, 4) is 0 Å². The first kappa shape index (κ1) is 15.4. The quantitative estimate of drug-likeness (QED) is 0.664. The normalized spacial score (nSPS) is 12.1. The standard InChI is InChI=1S/C15H14ClFN2O2/c1-10(11-2-4-13(16)5-3-11)18-9-12-8-14(17)6-7-15(12)19(20)21/h2-8,10,18H,9H2,1H3/t10-/m1/s1. The number of hydrogen-bond acceptors (Lipinski definition) is 3. The van der Waals surface area contributed by atoms with Gasteiger partial charge in [0.2, 0.25) is 0 Å². The first-order chi connectivity index (χ1) is 9.97. The minimum Gasteiger partial charge on any atom is -0.306 e. The van der Waals surface area contributed by atoms with E-state index >= 15 is 0 Å². The van der Waals surface area contributed by atoms with E-state index in [1.54, 1.807) is 12.1 Å². The molecule has 0 aliphatic carbocycles. The third-order valence-corrected chi connectivity index (χ3v) is 3.46. The maximum atomic E-state index is 13.2. The number of halogens is 2. The Morgan fingerprint density at radius 3 is 2.57 bits per heavy atom. The van der Waals surface area contributed by atoms with Crippen LogP contribution in [0, 0.1) is 15.9 Å². The van der Waals surface area contributed by atoms with Gasteiger partial charge in [-0.05, 0) is 36.8 Å². The van der Waals surface area contributed by atoms with Gasteiger partial charge in [-0.1, -0.05) is 23.7 Å². The summed E-state index contributed by atoms with van der Waals surface area (Å²) in [6, 6.07) is 10.7. The Kier molecular flexibility index (Phi) is 4.88. The van der Waals surface area contributed by atoms with Crippen molar-refractivity contribution in [2.24, 2.45) is 0 Å². The zero-order valence-corrected chi connectivity index (χ0v) is 12.1. The zero-order chi connectivity index (χ0) is 15.4. The van der Waals surface area contributed by atoms with Gasteiger partial charge >= 0.3 is 0 Å². The summed E-state index contributed by atoms with van der Waals surface area (Å²) in [4.78, 5) is 10.4. The fourth-order valence-corrected chi connectivity index (χ4v) is 2.13. The number of nitro benzene ring substituents is 1. The first-order valence-electron chi connectivity index (χ1n) is 6.39. The summed E-state index contributed by atoms with van der Waals surface area (Å²) < 4.78 is 13.2. The van der Waals surface area contributed by atoms with Gasteiger partial charge in [-0.15, -0.1) is 0 Å². The van der Waals surface area contributed by atoms with Crippen molar-refractivity contribution >= 4 is 17.3 Å². The van der Waals surface area contributed by atoms with Crippen molar-refractivity contribution in [2.45, 2.75) is 19.5 Å². The molecule has 0 saturated heterocycles. The molecule has 0 unspecified atom stereocenters. The number of hydrogen-bond donors (Lipinski definition) is 1. The summed E-state index contributed by atoms with van der Waals surface area (Å²) in [7, 11) is 0. The molecule has 0 fully saturated rings. The van der Waals surface area contributed by atoms with E-state index in [0.717, 1.165) is 11.6 Å². The van der Waals surface area contributed by atoms with E-state index in [9.17, 15) is 14.5 Å². The monoisotopic (exact) mass is 308 g/mol. The van der Waals surface area contributed by atoms with Gasteiger partial charge in [-0.3, -0.25) is 10.1 Å². The minimum atomic E-state index is -0.511. The molecular formula is C15H14ClFN2O2. The number of nitrogens with zero attached hydrogens (tertiary/aromatic N) is 1. The van der Waals surface area contributed by atoms with Gasteiger partial charge in [0.05, 0.1) is 4.92 Å². The van der Waals surface area contributed by atoms with Crippen LogP contribution in [0.5, 0.6) is 0 Å². The lowest BCUT2D eigenvalue weighted by atomic mass is 10.1. The molecule has 21 heavy (non-hydrogen) atoms. The van der Waals surface area contributed by atoms with E-state index in [4.69, 9.17) is 11.6 Å². The summed E-state index contributed by atoms with van der Waals surface area (Å²) in [5, 5.41) is 14.7. The van der Waals surface area contributed by atoms with Gasteiger partial charge in [0.15, 0.2) is 0 Å². The lowest BCUT2D eigenvalue weighted by Gasteiger charge is -2.14. The van der Waals surface area contributed by atoms with Crippen LogP contribution in [0.25, 0.3) is 0 Å². The molecule has 0 heterocycles. The summed E-state index contributed by atoms with van der Waals surface area (Å²) in [6.45, 7) is 2.13. The van der Waals surface area contributed by atoms with Crippen LogP contribution >= 0.6 is 11.6 Å². The molecule has 2 aromatic rings. The lowest BCUT2D eigenvalue weighted by Crippen LogP contribution is -2.18. The maximum Gasteiger partial charge on any atom is 0.274 e. The van der Waals surface area contributed by atoms with Crippen LogP contribution in [0.4, 0.5) is 10.1 Å². The third kappa shape index (κ3) is 4.00. The van der Waals surface area contributed by atoms with Gasteiger partial charge in [0, 0.05) is 29.2 Å². The van der Waals surface area contributed by atoms with E-state index in [2.05, 4.69) is 5.32 Å². The highest BCUT2D eigenvalue weighted by Gasteiger charge is 2.15. The molecule has 2 rings (SSSR count). The van der Waals surface area contributed by atoms with Crippen molar-refractivity contribution in [1.29, 1.82) is 0 Å². The largest absolute Gasteiger partial charge is 0.306 e. The average molecular weight is 309 g/mol. The molecule has 0 spiro atoms. The molecule has 0 radical (unpaired) electrons. The van der Waals surface area contributed by atoms with Gasteiger partial charge in [0.1, 0.15) is 5.82 Å². The summed E-state index contributed by atoms with van der Waals surface area (Å²) in [5.41, 5.74) is 1.23. The van der Waals surface area contributed by atoms with Gasteiger partial charge in [-0.25, -0.2) is 4.39 Å². The van der Waals surface area contributed by atoms with Crippen molar-refractivity contribution < 1.29 is 9.31 Å². The average Bonchev–Trinajstić information content (AvgIpc) is 2.45. The zero-order valence-electron chi connectivity index (χ0n) is 11.3. The van der Waals surface area contributed by atoms with Crippen LogP contribution in [-0.2, 0) is 6.54 Å². The van der Waals surface area contributed by atoms with Crippen LogP contribution in [-0.4, -0.2) is 4.92 Å². The number of nitrogens with one attached hydrogen (secondary N) is 1. The first-order valence-corrected chi connectivity index (χ1v) is 6.77. The molecule has 0 amide bonds. The molecule has 2 aromatic carbocycles. The molecule has 4 nitrogen and oxygen atoms in total. The van der Waals surface area contributed by atoms with Crippen LogP contribution < -0.4 is 5.32 Å². The third-order valence-electron chi connectivity index (χ3n) is 3.21. The van der Waals surface area contributed by atoms with Crippen molar-refractivity contribution in [3.05, 3.63) is 74.5 Å². The topological polar surface area (TPSA) is 55.2 Å². The Morgan fingerprint density at radius 1 is 1.29 bits per heavy atom. The molecule has 0 saturated carbocycles. The molecule has 1 atom stereocenters. The van der Waals surface area contributed by atoms with Crippen LogP contribution in [0.1, 0.15) is 24.1 Å². The Balaban J connectivity index is 2.10. The maximum absolute atomic E-state index is 13.2. The smallest absolute Gasteiger partial charge is 0.274 e. The molecule has 110 valence electrons. The summed E-state index contributed by atoms with van der Waals surface area (Å²) in [5.74, 6) is -0.489. The fourth-order valence-electron chi connectivity index (χ4n) is 2.01. The second kappa shape index (κ2) is 6.65. The van der Waals surface area contributed by atoms with E-state index in [1.807, 2.05) is 19.1 Å². The van der Waals surface area contributed by atoms with Gasteiger partial charge < -0.3 is 5.32 Å². The van der Waals surface area contributed by atoms with Crippen LogP contribution in [0.15, 0.2) is 42.5 Å². The second-order valence-electron chi connectivity index (χ2n) is 4.68. The molecule has 1 N–H and O–H groups in total. The summed E-state index contributed by atoms with van der Waals surface area (Å²) in [6.07, 6.45) is 0. The number of benzene rings is 2. The van der Waals surface area contributed by atoms with Crippen LogP contribution in [0.2, 0.25) is 5.02 Å². The van der Waals surface area contributed by atoms with Gasteiger partial charge in [-0.2, -0.15) is 0 Å². The Bertz CT molecular complexity index is 647. The van der Waals surface area contributed by atoms with E-state index in [0.29, 0.717) is 10.6 Å². The molecule has 0 aliphatic heterocycles. The van der Waals surface area contributed by atoms with E-state index in [-0.39, 0.29) is 18.3 Å². The lowest BCUT2D eigenvalue weighted by molar-refractivity contribution is -0.385. The highest BCUT2D eigenvalue weighted by molar-refractivity contribution is 6.30. The van der Waals surface area contributed by atoms with Crippen molar-refractivity contribution in [1.82, 2.24) is 5.32 Å². The van der Waals surface area contributed by atoms with Crippen molar-refractivity contribution in [2.75, 3.05) is 0 Å². The molecule has 0 aliphatic rings. The molecule has 0 bridgehead atoms. The highest BCUT2D eigenvalue weighted by atomic mass is 35.5. The Labute approximate surface area is 126 Å². The van der Waals surface area contributed by atoms with Crippen molar-refractivity contribution in [3.63, 3.8) is 0 Å². The summed E-state index contributed by atoms with van der Waals surface area (Å²) >= 11 is 5.83. The predicted molar refractivity (Wildman–Crippen MR) is 79.8 cm³/mol. The van der Waals surface area contributed by atoms with Gasteiger partial charge in [0.25, 0.3) is 5.69 Å². The molecular weight excluding hydrogens is 295 g/mol. The number of rotatable bonds is 5. The highest BCUT2D eigenvalue weighted by Crippen LogP contribution is 2.21. The predicted octanol–water partition coefficient (Wildman–Crippen LogP) is 4.24. The van der Waals surface area contributed by atoms with E-state index < -0.39 is 10.7 Å². The Hall–Kier alpha value is -1.98.